The smallest absolute Gasteiger partial charge is 0.328 e. The number of rotatable bonds is 10. The van der Waals surface area contributed by atoms with Gasteiger partial charge in [0.05, 0.1) is 21.3 Å². The maximum absolute atomic E-state index is 12.7. The van der Waals surface area contributed by atoms with Crippen molar-refractivity contribution in [3.05, 3.63) is 0 Å². The summed E-state index contributed by atoms with van der Waals surface area (Å²) < 4.78 is 13.9. The van der Waals surface area contributed by atoms with E-state index in [1.165, 1.54) is 13.8 Å². The predicted octanol–water partition coefficient (Wildman–Crippen LogP) is -0.207. The quantitative estimate of drug-likeness (QED) is 0.291. The molecule has 0 unspecified atom stereocenters. The Bertz CT molecular complexity index is 574. The summed E-state index contributed by atoms with van der Waals surface area (Å²) >= 11 is 0. The summed E-state index contributed by atoms with van der Waals surface area (Å²) in [5.74, 6) is -6.15. The van der Waals surface area contributed by atoms with Crippen LogP contribution in [0.15, 0.2) is 0 Å². The van der Waals surface area contributed by atoms with Gasteiger partial charge in [-0.2, -0.15) is 0 Å². The van der Waals surface area contributed by atoms with Gasteiger partial charge < -0.3 is 24.8 Å². The largest absolute Gasteiger partial charge is 0.468 e. The molecule has 10 nitrogen and oxygen atoms in total. The monoisotopic (exact) mass is 402 g/mol. The Kier molecular flexibility index (Phi) is 10.8. The van der Waals surface area contributed by atoms with E-state index in [1.807, 2.05) is 13.8 Å². The molecule has 0 rings (SSSR count). The van der Waals surface area contributed by atoms with Gasteiger partial charge in [0, 0.05) is 12.8 Å². The molecule has 0 aromatic rings. The topological polar surface area (TPSA) is 137 Å². The normalized spacial score (nSPS) is 13.9. The van der Waals surface area contributed by atoms with E-state index < -0.39 is 53.6 Å². The number of amides is 2. The molecule has 0 aliphatic carbocycles. The first-order chi connectivity index (χ1) is 13.0. The highest BCUT2D eigenvalue weighted by Gasteiger charge is 2.43. The summed E-state index contributed by atoms with van der Waals surface area (Å²) in [5.41, 5.74) is 0. The van der Waals surface area contributed by atoms with Gasteiger partial charge in [-0.05, 0) is 12.3 Å². The Balaban J connectivity index is 5.73. The van der Waals surface area contributed by atoms with Crippen LogP contribution in [0.1, 0.15) is 34.1 Å². The van der Waals surface area contributed by atoms with Crippen LogP contribution < -0.4 is 10.6 Å². The molecule has 0 spiro atoms. The first-order valence-corrected chi connectivity index (χ1v) is 8.81. The zero-order valence-electron chi connectivity index (χ0n) is 17.4. The maximum Gasteiger partial charge on any atom is 0.328 e. The highest BCUT2D eigenvalue weighted by Crippen LogP contribution is 2.21. The first kappa shape index (κ1) is 25.4. The second kappa shape index (κ2) is 11.9. The van der Waals surface area contributed by atoms with Gasteiger partial charge in [-0.15, -0.1) is 0 Å². The molecule has 0 saturated heterocycles. The fourth-order valence-corrected chi connectivity index (χ4v) is 2.71. The van der Waals surface area contributed by atoms with E-state index >= 15 is 0 Å². The van der Waals surface area contributed by atoms with Gasteiger partial charge in [0.1, 0.15) is 12.1 Å². The van der Waals surface area contributed by atoms with Crippen LogP contribution in [0.5, 0.6) is 0 Å². The lowest BCUT2D eigenvalue weighted by Gasteiger charge is -2.29. The first-order valence-electron chi connectivity index (χ1n) is 8.81. The standard InChI is InChI=1S/C18H30N2O8/c1-9(2)8-12(19-11(4)21)15(22)20-14(18(25)28-7)10(3)13(16(23)26-5)17(24)27-6/h9-10,12-14H,8H2,1-7H3,(H,19,21)(H,20,22)/t10-,12+,14+/m1/s1. The maximum atomic E-state index is 12.7. The van der Waals surface area contributed by atoms with Crippen LogP contribution in [0.4, 0.5) is 0 Å². The van der Waals surface area contributed by atoms with Crippen molar-refractivity contribution >= 4 is 29.7 Å². The van der Waals surface area contributed by atoms with Crippen LogP contribution in [0.3, 0.4) is 0 Å². The lowest BCUT2D eigenvalue weighted by atomic mass is 9.87. The predicted molar refractivity (Wildman–Crippen MR) is 97.7 cm³/mol. The molecule has 0 saturated carbocycles. The third-order valence-corrected chi connectivity index (χ3v) is 4.12. The summed E-state index contributed by atoms with van der Waals surface area (Å²) in [4.78, 5) is 60.4. The number of methoxy groups -OCH3 is 3. The molecule has 0 aliphatic rings. The summed E-state index contributed by atoms with van der Waals surface area (Å²) in [5, 5.41) is 5.00. The van der Waals surface area contributed by atoms with Crippen molar-refractivity contribution in [3.8, 4) is 0 Å². The highest BCUT2D eigenvalue weighted by atomic mass is 16.5. The highest BCUT2D eigenvalue weighted by molar-refractivity contribution is 5.97. The number of ether oxygens (including phenoxy) is 3. The molecule has 10 heteroatoms. The van der Waals surface area contributed by atoms with Crippen LogP contribution >= 0.6 is 0 Å². The van der Waals surface area contributed by atoms with Gasteiger partial charge in [-0.25, -0.2) is 4.79 Å². The minimum absolute atomic E-state index is 0.0782. The van der Waals surface area contributed by atoms with Gasteiger partial charge in [0.15, 0.2) is 5.92 Å². The second-order valence-corrected chi connectivity index (χ2v) is 6.78. The van der Waals surface area contributed by atoms with Crippen LogP contribution in [-0.4, -0.2) is 63.1 Å². The lowest BCUT2D eigenvalue weighted by molar-refractivity contribution is -0.163. The molecule has 3 atom stereocenters. The number of esters is 3. The SMILES string of the molecule is COC(=O)C(C(=O)OC)[C@@H](C)[C@H](NC(=O)[C@H](CC(C)C)NC(C)=O)C(=O)OC. The van der Waals surface area contributed by atoms with Crippen molar-refractivity contribution in [2.45, 2.75) is 46.2 Å². The van der Waals surface area contributed by atoms with Gasteiger partial charge in [0.25, 0.3) is 0 Å². The van der Waals surface area contributed by atoms with E-state index in [9.17, 15) is 24.0 Å². The number of carbonyl (C=O) groups excluding carboxylic acids is 5. The Morgan fingerprint density at radius 2 is 1.25 bits per heavy atom. The second-order valence-electron chi connectivity index (χ2n) is 6.78. The Hall–Kier alpha value is -2.65. The fraction of sp³-hybridized carbons (Fsp3) is 0.722. The van der Waals surface area contributed by atoms with Crippen LogP contribution in [0.2, 0.25) is 0 Å². The Morgan fingerprint density at radius 3 is 1.61 bits per heavy atom. The average Bonchev–Trinajstić information content (AvgIpc) is 2.63. The third kappa shape index (κ3) is 7.53. The summed E-state index contributed by atoms with van der Waals surface area (Å²) in [6, 6.07) is -2.24. The van der Waals surface area contributed by atoms with E-state index in [-0.39, 0.29) is 5.92 Å². The molecular weight excluding hydrogens is 372 g/mol. The van der Waals surface area contributed by atoms with Crippen LogP contribution in [0.25, 0.3) is 0 Å². The van der Waals surface area contributed by atoms with E-state index in [0.717, 1.165) is 21.3 Å². The molecular formula is C18H30N2O8. The van der Waals surface area contributed by atoms with E-state index in [2.05, 4.69) is 20.1 Å². The van der Waals surface area contributed by atoms with Crippen molar-refractivity contribution in [1.29, 1.82) is 0 Å². The average molecular weight is 402 g/mol. The zero-order valence-corrected chi connectivity index (χ0v) is 17.4. The molecule has 0 aliphatic heterocycles. The summed E-state index contributed by atoms with van der Waals surface area (Å²) in [7, 11) is 3.29. The molecule has 0 bridgehead atoms. The minimum Gasteiger partial charge on any atom is -0.468 e. The van der Waals surface area contributed by atoms with Gasteiger partial charge >= 0.3 is 17.9 Å². The van der Waals surface area contributed by atoms with Crippen molar-refractivity contribution in [3.63, 3.8) is 0 Å². The number of nitrogens with one attached hydrogen (secondary N) is 2. The van der Waals surface area contributed by atoms with Crippen molar-refractivity contribution in [2.75, 3.05) is 21.3 Å². The molecule has 2 amide bonds. The Labute approximate surface area is 164 Å². The van der Waals surface area contributed by atoms with E-state index in [4.69, 9.17) is 4.74 Å². The van der Waals surface area contributed by atoms with Gasteiger partial charge in [-0.3, -0.25) is 19.2 Å². The van der Waals surface area contributed by atoms with Gasteiger partial charge in [-0.1, -0.05) is 20.8 Å². The van der Waals surface area contributed by atoms with Crippen molar-refractivity contribution in [1.82, 2.24) is 10.6 Å². The van der Waals surface area contributed by atoms with Gasteiger partial charge in [0.2, 0.25) is 11.8 Å². The minimum atomic E-state index is -1.45. The van der Waals surface area contributed by atoms with E-state index in [0.29, 0.717) is 6.42 Å². The third-order valence-electron chi connectivity index (χ3n) is 4.12. The zero-order chi connectivity index (χ0) is 22.0. The molecule has 0 radical (unpaired) electrons. The molecule has 0 aromatic carbocycles. The molecule has 160 valence electrons. The fourth-order valence-electron chi connectivity index (χ4n) is 2.71. The van der Waals surface area contributed by atoms with E-state index in [1.54, 1.807) is 0 Å². The number of carbonyl (C=O) groups is 5. The number of hydrogen-bond donors (Lipinski definition) is 2. The van der Waals surface area contributed by atoms with Crippen LogP contribution in [0, 0.1) is 17.8 Å². The van der Waals surface area contributed by atoms with Crippen LogP contribution in [-0.2, 0) is 38.2 Å². The molecule has 0 aromatic heterocycles. The summed E-state index contributed by atoms with van der Waals surface area (Å²) in [6.45, 7) is 6.42. The molecule has 28 heavy (non-hydrogen) atoms. The lowest BCUT2D eigenvalue weighted by Crippen LogP contribution is -2.56. The molecule has 0 fully saturated rings. The van der Waals surface area contributed by atoms with Crippen molar-refractivity contribution in [2.24, 2.45) is 17.8 Å². The van der Waals surface area contributed by atoms with Crippen molar-refractivity contribution < 1.29 is 38.2 Å². The molecule has 0 heterocycles. The molecule has 2 N–H and O–H groups in total. The number of hydrogen-bond acceptors (Lipinski definition) is 8. The Morgan fingerprint density at radius 1 is 0.786 bits per heavy atom. The summed E-state index contributed by atoms with van der Waals surface area (Å²) in [6.07, 6.45) is 0.325.